The van der Waals surface area contributed by atoms with Gasteiger partial charge in [-0.1, -0.05) is 6.07 Å². The van der Waals surface area contributed by atoms with Crippen molar-refractivity contribution in [1.29, 1.82) is 0 Å². The molecule has 0 atom stereocenters. The first-order chi connectivity index (χ1) is 12.1. The third-order valence-electron chi connectivity index (χ3n) is 4.36. The number of anilines is 1. The fraction of sp³-hybridized carbons (Fsp3) is 0.235. The maximum Gasteiger partial charge on any atom is 0.245 e. The van der Waals surface area contributed by atoms with E-state index in [1.54, 1.807) is 18.3 Å². The molecule has 0 amide bonds. The third-order valence-corrected chi connectivity index (χ3v) is 6.32. The summed E-state index contributed by atoms with van der Waals surface area (Å²) in [5, 5.41) is 0.932. The number of nitrogens with zero attached hydrogens (tertiary/aromatic N) is 2. The van der Waals surface area contributed by atoms with Crippen LogP contribution in [0.25, 0.3) is 22.2 Å². The van der Waals surface area contributed by atoms with E-state index in [1.165, 1.54) is 4.31 Å². The maximum absolute atomic E-state index is 13.0. The summed E-state index contributed by atoms with van der Waals surface area (Å²) in [6.07, 6.45) is 3.54. The molecule has 1 saturated heterocycles. The fourth-order valence-electron chi connectivity index (χ4n) is 3.05. The molecule has 3 N–H and O–H groups in total. The summed E-state index contributed by atoms with van der Waals surface area (Å²) in [6, 6.07) is 8.89. The Bertz CT molecular complexity index is 1020. The number of sulfonamides is 1. The lowest BCUT2D eigenvalue weighted by molar-refractivity contribution is 0.0730. The second-order valence-electron chi connectivity index (χ2n) is 5.87. The van der Waals surface area contributed by atoms with Gasteiger partial charge in [0.05, 0.1) is 18.9 Å². The van der Waals surface area contributed by atoms with E-state index in [1.807, 2.05) is 24.4 Å². The minimum absolute atomic E-state index is 0.130. The second kappa shape index (κ2) is 6.14. The van der Waals surface area contributed by atoms with Crippen molar-refractivity contribution in [2.75, 3.05) is 32.0 Å². The molecule has 0 aliphatic carbocycles. The minimum Gasteiger partial charge on any atom is -0.398 e. The molecule has 1 aliphatic heterocycles. The lowest BCUT2D eigenvalue weighted by atomic mass is 10.1. The number of rotatable bonds is 3. The number of morpholine rings is 1. The van der Waals surface area contributed by atoms with E-state index in [0.717, 1.165) is 22.2 Å². The van der Waals surface area contributed by atoms with Crippen molar-refractivity contribution in [2.45, 2.75) is 4.90 Å². The molecular formula is C17H18N4O3S. The fourth-order valence-corrected chi connectivity index (χ4v) is 4.60. The molecule has 3 aromatic rings. The predicted molar refractivity (Wildman–Crippen MR) is 95.5 cm³/mol. The normalized spacial score (nSPS) is 16.3. The summed E-state index contributed by atoms with van der Waals surface area (Å²) in [4.78, 5) is 7.50. The summed E-state index contributed by atoms with van der Waals surface area (Å²) in [5.74, 6) is 0. The first-order valence-electron chi connectivity index (χ1n) is 7.97. The summed E-state index contributed by atoms with van der Waals surface area (Å²) >= 11 is 0. The Hall–Kier alpha value is -2.42. The molecule has 0 bridgehead atoms. The zero-order valence-electron chi connectivity index (χ0n) is 13.5. The number of pyridine rings is 1. The van der Waals surface area contributed by atoms with Gasteiger partial charge in [0.15, 0.2) is 0 Å². The van der Waals surface area contributed by atoms with Gasteiger partial charge in [-0.25, -0.2) is 13.4 Å². The van der Waals surface area contributed by atoms with Gasteiger partial charge in [-0.2, -0.15) is 4.31 Å². The van der Waals surface area contributed by atoms with E-state index in [9.17, 15) is 8.42 Å². The van der Waals surface area contributed by atoms with E-state index in [0.29, 0.717) is 26.3 Å². The largest absolute Gasteiger partial charge is 0.398 e. The molecule has 4 rings (SSSR count). The van der Waals surface area contributed by atoms with Gasteiger partial charge in [-0.3, -0.25) is 0 Å². The Labute approximate surface area is 145 Å². The maximum atomic E-state index is 13.0. The number of hydrogen-bond acceptors (Lipinski definition) is 5. The highest BCUT2D eigenvalue weighted by atomic mass is 32.2. The summed E-state index contributed by atoms with van der Waals surface area (Å²) in [6.45, 7) is 1.46. The lowest BCUT2D eigenvalue weighted by Crippen LogP contribution is -2.40. The number of aromatic amines is 1. The Kier molecular flexibility index (Phi) is 3.95. The highest BCUT2D eigenvalue weighted by Gasteiger charge is 2.28. The van der Waals surface area contributed by atoms with Crippen LogP contribution in [0.1, 0.15) is 0 Å². The molecule has 1 fully saturated rings. The van der Waals surface area contributed by atoms with Gasteiger partial charge in [0, 0.05) is 36.4 Å². The van der Waals surface area contributed by atoms with Crippen molar-refractivity contribution in [3.63, 3.8) is 0 Å². The second-order valence-corrected chi connectivity index (χ2v) is 7.78. The number of ether oxygens (including phenoxy) is 1. The molecule has 8 heteroatoms. The zero-order chi connectivity index (χ0) is 17.4. The highest BCUT2D eigenvalue weighted by molar-refractivity contribution is 7.89. The summed E-state index contributed by atoms with van der Waals surface area (Å²) in [7, 11) is -3.66. The first kappa shape index (κ1) is 16.1. The number of fused-ring (bicyclic) bond motifs is 1. The molecule has 25 heavy (non-hydrogen) atoms. The van der Waals surface area contributed by atoms with Crippen LogP contribution in [0.5, 0.6) is 0 Å². The Morgan fingerprint density at radius 1 is 1.20 bits per heavy atom. The van der Waals surface area contributed by atoms with Crippen LogP contribution in [0.4, 0.5) is 5.69 Å². The molecule has 130 valence electrons. The van der Waals surface area contributed by atoms with Crippen LogP contribution in [0.3, 0.4) is 0 Å². The molecule has 0 unspecified atom stereocenters. The minimum atomic E-state index is -3.66. The molecule has 0 spiro atoms. The van der Waals surface area contributed by atoms with Gasteiger partial charge in [-0.15, -0.1) is 0 Å². The molecule has 2 aromatic heterocycles. The predicted octanol–water partition coefficient (Wildman–Crippen LogP) is 1.83. The van der Waals surface area contributed by atoms with Gasteiger partial charge in [0.1, 0.15) is 10.5 Å². The van der Waals surface area contributed by atoms with Crippen molar-refractivity contribution < 1.29 is 13.2 Å². The van der Waals surface area contributed by atoms with Crippen molar-refractivity contribution in [3.8, 4) is 11.1 Å². The first-order valence-corrected chi connectivity index (χ1v) is 9.41. The van der Waals surface area contributed by atoms with Crippen molar-refractivity contribution in [2.24, 2.45) is 0 Å². The summed E-state index contributed by atoms with van der Waals surface area (Å²) < 4.78 is 32.6. The van der Waals surface area contributed by atoms with Gasteiger partial charge in [0.2, 0.25) is 10.0 Å². The van der Waals surface area contributed by atoms with Crippen LogP contribution < -0.4 is 5.73 Å². The average molecular weight is 358 g/mol. The van der Waals surface area contributed by atoms with Crippen molar-refractivity contribution >= 4 is 26.7 Å². The van der Waals surface area contributed by atoms with Gasteiger partial charge in [-0.05, 0) is 29.8 Å². The summed E-state index contributed by atoms with van der Waals surface area (Å²) in [5.41, 5.74) is 8.66. The number of aromatic nitrogens is 2. The van der Waals surface area contributed by atoms with Crippen molar-refractivity contribution in [1.82, 2.24) is 14.3 Å². The van der Waals surface area contributed by atoms with Crippen molar-refractivity contribution in [3.05, 3.63) is 42.7 Å². The van der Waals surface area contributed by atoms with Gasteiger partial charge >= 0.3 is 0 Å². The van der Waals surface area contributed by atoms with Gasteiger partial charge < -0.3 is 15.5 Å². The van der Waals surface area contributed by atoms with Crippen LogP contribution in [0.15, 0.2) is 47.6 Å². The third kappa shape index (κ3) is 2.78. The number of hydrogen-bond donors (Lipinski definition) is 2. The standard InChI is InChI=1S/C17H18N4O3S/c18-15-4-3-12(14-11-20-17-13(14)2-1-5-19-17)10-16(15)25(22,23)21-6-8-24-9-7-21/h1-5,10-11H,6-9,18H2,(H,19,20). The number of benzene rings is 1. The zero-order valence-corrected chi connectivity index (χ0v) is 14.3. The van der Waals surface area contributed by atoms with E-state index in [4.69, 9.17) is 10.5 Å². The molecule has 1 aromatic carbocycles. The Balaban J connectivity index is 1.81. The molecule has 0 radical (unpaired) electrons. The van der Waals surface area contributed by atoms with Crippen LogP contribution in [-0.4, -0.2) is 49.0 Å². The molecule has 3 heterocycles. The average Bonchev–Trinajstić information content (AvgIpc) is 3.07. The smallest absolute Gasteiger partial charge is 0.245 e. The topological polar surface area (TPSA) is 101 Å². The molecule has 1 aliphatic rings. The van der Waals surface area contributed by atoms with Gasteiger partial charge in [0.25, 0.3) is 0 Å². The van der Waals surface area contributed by atoms with E-state index >= 15 is 0 Å². The van der Waals surface area contributed by atoms with Crippen LogP contribution in [0, 0.1) is 0 Å². The van der Waals surface area contributed by atoms with E-state index in [-0.39, 0.29) is 10.6 Å². The Morgan fingerprint density at radius 3 is 2.80 bits per heavy atom. The van der Waals surface area contributed by atoms with Crippen LogP contribution >= 0.6 is 0 Å². The quantitative estimate of drug-likeness (QED) is 0.696. The number of H-pyrrole nitrogens is 1. The molecule has 7 nitrogen and oxygen atoms in total. The molecular weight excluding hydrogens is 340 g/mol. The molecule has 0 saturated carbocycles. The number of nitrogen functional groups attached to an aromatic ring is 1. The highest BCUT2D eigenvalue weighted by Crippen LogP contribution is 2.32. The number of nitrogens with two attached hydrogens (primary N) is 1. The SMILES string of the molecule is Nc1ccc(-c2c[nH]c3ncccc23)cc1S(=O)(=O)N1CCOCC1. The number of nitrogens with one attached hydrogen (secondary N) is 1. The van der Waals surface area contributed by atoms with Crippen LogP contribution in [-0.2, 0) is 14.8 Å². The van der Waals surface area contributed by atoms with Crippen LogP contribution in [0.2, 0.25) is 0 Å². The Morgan fingerprint density at radius 2 is 2.00 bits per heavy atom. The van der Waals surface area contributed by atoms with E-state index < -0.39 is 10.0 Å². The monoisotopic (exact) mass is 358 g/mol. The lowest BCUT2D eigenvalue weighted by Gasteiger charge is -2.26. The van der Waals surface area contributed by atoms with E-state index in [2.05, 4.69) is 9.97 Å².